The van der Waals surface area contributed by atoms with Crippen molar-refractivity contribution in [1.82, 2.24) is 0 Å². The molecule has 0 heterocycles. The molecular weight excluding hydrogens is 348 g/mol. The Morgan fingerprint density at radius 3 is 2.04 bits per heavy atom. The fraction of sp³-hybridized carbons (Fsp3) is 0.167. The van der Waals surface area contributed by atoms with Crippen LogP contribution in [-0.4, -0.2) is 11.7 Å². The molecule has 0 spiro atoms. The Labute approximate surface area is 165 Å². The van der Waals surface area contributed by atoms with Gasteiger partial charge in [0.2, 0.25) is 0 Å². The van der Waals surface area contributed by atoms with Gasteiger partial charge in [-0.1, -0.05) is 49.7 Å². The molecule has 5 N–H and O–H groups in total. The minimum absolute atomic E-state index is 0.250. The highest BCUT2D eigenvalue weighted by Crippen LogP contribution is 2.26. The first kappa shape index (κ1) is 19.4. The monoisotopic (exact) mass is 374 g/mol. The summed E-state index contributed by atoms with van der Waals surface area (Å²) in [6, 6.07) is 22.9. The number of nitrogen functional groups attached to an aromatic ring is 2. The number of unbranched alkanes of at least 4 members (excludes halogenated alkanes) is 1. The maximum absolute atomic E-state index is 9.20. The Morgan fingerprint density at radius 2 is 1.39 bits per heavy atom. The Balaban J connectivity index is 0.000000167. The van der Waals surface area contributed by atoms with Gasteiger partial charge in [0, 0.05) is 22.1 Å². The van der Waals surface area contributed by atoms with Gasteiger partial charge in [-0.15, -0.1) is 0 Å². The molecule has 0 unspecified atom stereocenters. The SMILES string of the molecule is CCCCOc1ccc2cccc(N)c2c1.Nc1cccc2ccc(O)cc12. The Bertz CT molecular complexity index is 1080. The largest absolute Gasteiger partial charge is 0.508 e. The van der Waals surface area contributed by atoms with Gasteiger partial charge >= 0.3 is 0 Å². The van der Waals surface area contributed by atoms with Crippen LogP contribution < -0.4 is 16.2 Å². The molecule has 4 rings (SSSR count). The van der Waals surface area contributed by atoms with Crippen LogP contribution in [0.1, 0.15) is 19.8 Å². The van der Waals surface area contributed by atoms with Crippen LogP contribution in [0.5, 0.6) is 11.5 Å². The number of phenols is 1. The summed E-state index contributed by atoms with van der Waals surface area (Å²) in [4.78, 5) is 0. The van der Waals surface area contributed by atoms with E-state index in [4.69, 9.17) is 16.2 Å². The lowest BCUT2D eigenvalue weighted by Crippen LogP contribution is -1.96. The van der Waals surface area contributed by atoms with E-state index in [0.717, 1.165) is 52.4 Å². The lowest BCUT2D eigenvalue weighted by molar-refractivity contribution is 0.310. The van der Waals surface area contributed by atoms with Gasteiger partial charge in [-0.3, -0.25) is 0 Å². The second-order valence-corrected chi connectivity index (χ2v) is 6.68. The van der Waals surface area contributed by atoms with Crippen LogP contribution in [0.2, 0.25) is 0 Å². The number of benzene rings is 4. The Kier molecular flexibility index (Phi) is 6.22. The van der Waals surface area contributed by atoms with Crippen molar-refractivity contribution in [2.45, 2.75) is 19.8 Å². The van der Waals surface area contributed by atoms with E-state index in [1.54, 1.807) is 12.1 Å². The molecule has 0 aliphatic carbocycles. The predicted molar refractivity (Wildman–Crippen MR) is 119 cm³/mol. The number of rotatable bonds is 4. The second-order valence-electron chi connectivity index (χ2n) is 6.68. The van der Waals surface area contributed by atoms with E-state index >= 15 is 0 Å². The van der Waals surface area contributed by atoms with Crippen LogP contribution in [0.3, 0.4) is 0 Å². The number of aromatic hydroxyl groups is 1. The summed E-state index contributed by atoms with van der Waals surface area (Å²) in [5.74, 6) is 1.15. The molecule has 28 heavy (non-hydrogen) atoms. The van der Waals surface area contributed by atoms with Crippen molar-refractivity contribution < 1.29 is 9.84 Å². The van der Waals surface area contributed by atoms with Crippen LogP contribution in [0.4, 0.5) is 11.4 Å². The fourth-order valence-electron chi connectivity index (χ4n) is 2.98. The molecule has 4 aromatic rings. The fourth-order valence-corrected chi connectivity index (χ4v) is 2.98. The number of anilines is 2. The van der Waals surface area contributed by atoms with Gasteiger partial charge in [-0.2, -0.15) is 0 Å². The minimum Gasteiger partial charge on any atom is -0.508 e. The lowest BCUT2D eigenvalue weighted by atomic mass is 10.1. The zero-order valence-corrected chi connectivity index (χ0v) is 16.1. The van der Waals surface area contributed by atoms with E-state index < -0.39 is 0 Å². The maximum Gasteiger partial charge on any atom is 0.120 e. The Morgan fingerprint density at radius 1 is 0.786 bits per heavy atom. The first-order chi connectivity index (χ1) is 13.6. The van der Waals surface area contributed by atoms with Crippen molar-refractivity contribution in [3.63, 3.8) is 0 Å². The highest BCUT2D eigenvalue weighted by Gasteiger charge is 2.00. The van der Waals surface area contributed by atoms with Gasteiger partial charge in [0.1, 0.15) is 11.5 Å². The van der Waals surface area contributed by atoms with E-state index in [2.05, 4.69) is 13.0 Å². The molecule has 0 fully saturated rings. The molecule has 0 saturated heterocycles. The summed E-state index contributed by atoms with van der Waals surface area (Å²) >= 11 is 0. The molecule has 4 aromatic carbocycles. The van der Waals surface area contributed by atoms with E-state index in [0.29, 0.717) is 5.69 Å². The molecule has 0 bridgehead atoms. The molecule has 4 heteroatoms. The van der Waals surface area contributed by atoms with Crippen molar-refractivity contribution in [3.05, 3.63) is 72.8 Å². The number of hydrogen-bond donors (Lipinski definition) is 3. The molecule has 0 radical (unpaired) electrons. The van der Waals surface area contributed by atoms with Crippen molar-refractivity contribution in [2.24, 2.45) is 0 Å². The van der Waals surface area contributed by atoms with Crippen LogP contribution >= 0.6 is 0 Å². The normalized spacial score (nSPS) is 10.5. The van der Waals surface area contributed by atoms with Crippen molar-refractivity contribution in [2.75, 3.05) is 18.1 Å². The third kappa shape index (κ3) is 4.65. The summed E-state index contributed by atoms with van der Waals surface area (Å²) in [5, 5.41) is 13.4. The van der Waals surface area contributed by atoms with Gasteiger partial charge in [-0.05, 0) is 53.6 Å². The molecule has 0 aromatic heterocycles. The number of ether oxygens (including phenoxy) is 1. The van der Waals surface area contributed by atoms with Crippen LogP contribution in [0, 0.1) is 0 Å². The van der Waals surface area contributed by atoms with Crippen molar-refractivity contribution in [3.8, 4) is 11.5 Å². The minimum atomic E-state index is 0.250. The van der Waals surface area contributed by atoms with E-state index in [9.17, 15) is 5.11 Å². The number of nitrogens with two attached hydrogens (primary N) is 2. The van der Waals surface area contributed by atoms with Gasteiger partial charge in [0.15, 0.2) is 0 Å². The quantitative estimate of drug-likeness (QED) is 0.315. The number of fused-ring (bicyclic) bond motifs is 2. The molecule has 0 saturated carbocycles. The lowest BCUT2D eigenvalue weighted by Gasteiger charge is -2.07. The van der Waals surface area contributed by atoms with Crippen LogP contribution in [0.25, 0.3) is 21.5 Å². The average Bonchev–Trinajstić information content (AvgIpc) is 2.70. The summed E-state index contributed by atoms with van der Waals surface area (Å²) in [6.45, 7) is 2.93. The first-order valence-corrected chi connectivity index (χ1v) is 9.46. The molecule has 144 valence electrons. The zero-order valence-electron chi connectivity index (χ0n) is 16.1. The third-order valence-corrected chi connectivity index (χ3v) is 4.55. The average molecular weight is 374 g/mol. The number of phenolic OH excluding ortho intramolecular Hbond substituents is 1. The topological polar surface area (TPSA) is 81.5 Å². The number of hydrogen-bond acceptors (Lipinski definition) is 4. The summed E-state index contributed by atoms with van der Waals surface area (Å²) in [6.07, 6.45) is 2.23. The van der Waals surface area contributed by atoms with E-state index in [1.807, 2.05) is 54.6 Å². The molecule has 0 atom stereocenters. The van der Waals surface area contributed by atoms with Crippen molar-refractivity contribution in [1.29, 1.82) is 0 Å². The van der Waals surface area contributed by atoms with Gasteiger partial charge < -0.3 is 21.3 Å². The van der Waals surface area contributed by atoms with E-state index in [-0.39, 0.29) is 5.75 Å². The Hall–Kier alpha value is -3.40. The van der Waals surface area contributed by atoms with Gasteiger partial charge in [0.25, 0.3) is 0 Å². The molecule has 0 amide bonds. The summed E-state index contributed by atoms with van der Waals surface area (Å²) in [5.41, 5.74) is 13.1. The highest BCUT2D eigenvalue weighted by atomic mass is 16.5. The highest BCUT2D eigenvalue weighted by molar-refractivity contribution is 5.94. The van der Waals surface area contributed by atoms with Crippen molar-refractivity contribution >= 4 is 32.9 Å². The van der Waals surface area contributed by atoms with E-state index in [1.165, 1.54) is 0 Å². The molecular formula is C24H26N2O2. The molecule has 0 aliphatic rings. The summed E-state index contributed by atoms with van der Waals surface area (Å²) < 4.78 is 5.65. The third-order valence-electron chi connectivity index (χ3n) is 4.55. The predicted octanol–water partition coefficient (Wildman–Crippen LogP) is 5.73. The smallest absolute Gasteiger partial charge is 0.120 e. The molecule has 0 aliphatic heterocycles. The zero-order chi connectivity index (χ0) is 19.9. The molecule has 4 nitrogen and oxygen atoms in total. The first-order valence-electron chi connectivity index (χ1n) is 9.46. The van der Waals surface area contributed by atoms with Crippen LogP contribution in [-0.2, 0) is 0 Å². The van der Waals surface area contributed by atoms with Gasteiger partial charge in [-0.25, -0.2) is 0 Å². The second kappa shape index (κ2) is 9.00. The standard InChI is InChI=1S/C14H17NO.C10H9NO/c1-2-3-9-16-12-8-7-11-5-4-6-14(15)13(11)10-12;11-10-3-1-2-7-4-5-8(12)6-9(7)10/h4-8,10H,2-3,9,15H2,1H3;1-6,12H,11H2. The van der Waals surface area contributed by atoms with Gasteiger partial charge in [0.05, 0.1) is 6.61 Å². The summed E-state index contributed by atoms with van der Waals surface area (Å²) in [7, 11) is 0. The van der Waals surface area contributed by atoms with Crippen LogP contribution in [0.15, 0.2) is 72.8 Å². The maximum atomic E-state index is 9.20.